The fraction of sp³-hybridized carbons (Fsp3) is 1.00. The quantitative estimate of drug-likeness (QED) is 0.228. The second-order valence-electron chi connectivity index (χ2n) is 6.76. The van der Waals surface area contributed by atoms with Gasteiger partial charge in [0.15, 0.2) is 6.29 Å². The van der Waals surface area contributed by atoms with Crippen molar-refractivity contribution in [1.29, 1.82) is 0 Å². The van der Waals surface area contributed by atoms with Crippen molar-refractivity contribution < 1.29 is 54.7 Å². The molecule has 26 heavy (non-hydrogen) atoms. The van der Waals surface area contributed by atoms with Crippen LogP contribution in [0.2, 0.25) is 0 Å². The minimum Gasteiger partial charge on any atom is -0.394 e. The Morgan fingerprint density at radius 3 is 2.12 bits per heavy atom. The first kappa shape index (κ1) is 21.9. The molecule has 2 fully saturated rings. The maximum absolute atomic E-state index is 10.3. The van der Waals surface area contributed by atoms with Gasteiger partial charge < -0.3 is 54.7 Å². The van der Waals surface area contributed by atoms with E-state index in [0.29, 0.717) is 0 Å². The van der Waals surface area contributed by atoms with Crippen molar-refractivity contribution in [1.82, 2.24) is 0 Å². The predicted molar refractivity (Wildman–Crippen MR) is 82.6 cm³/mol. The normalized spacial score (nSPS) is 46.8. The van der Waals surface area contributed by atoms with E-state index in [-0.39, 0.29) is 12.7 Å². The molecule has 11 heteroatoms. The molecule has 0 spiro atoms. The van der Waals surface area contributed by atoms with Gasteiger partial charge in [0.05, 0.1) is 19.3 Å². The SMILES string of the molecule is CC(C)OC[C@H]1O[C@@](CO)(OC2OC(CO)[C@@H](O)C(O)[C@@H]2O)C(O)C1O. The molecule has 11 nitrogen and oxygen atoms in total. The predicted octanol–water partition coefficient (Wildman–Crippen LogP) is -3.96. The van der Waals surface area contributed by atoms with Gasteiger partial charge in [-0.2, -0.15) is 0 Å². The first-order valence-electron chi connectivity index (χ1n) is 8.41. The van der Waals surface area contributed by atoms with Crippen LogP contribution in [0.5, 0.6) is 0 Å². The van der Waals surface area contributed by atoms with Crippen LogP contribution in [0.4, 0.5) is 0 Å². The van der Waals surface area contributed by atoms with Gasteiger partial charge >= 0.3 is 0 Å². The summed E-state index contributed by atoms with van der Waals surface area (Å²) < 4.78 is 21.4. The molecule has 5 unspecified atom stereocenters. The summed E-state index contributed by atoms with van der Waals surface area (Å²) in [4.78, 5) is 0. The maximum Gasteiger partial charge on any atom is 0.224 e. The smallest absolute Gasteiger partial charge is 0.224 e. The summed E-state index contributed by atoms with van der Waals surface area (Å²) in [5.41, 5.74) is 0. The summed E-state index contributed by atoms with van der Waals surface area (Å²) in [6.07, 6.45) is -12.3. The van der Waals surface area contributed by atoms with Crippen LogP contribution >= 0.6 is 0 Å². The number of aliphatic hydroxyl groups is 7. The van der Waals surface area contributed by atoms with E-state index in [0.717, 1.165) is 0 Å². The zero-order valence-electron chi connectivity index (χ0n) is 14.6. The Kier molecular flexibility index (Phi) is 7.32. The van der Waals surface area contributed by atoms with E-state index in [9.17, 15) is 35.7 Å². The van der Waals surface area contributed by atoms with Crippen LogP contribution in [-0.2, 0) is 18.9 Å². The Morgan fingerprint density at radius 1 is 0.923 bits per heavy atom. The minimum atomic E-state index is -2.15. The van der Waals surface area contributed by atoms with Crippen LogP contribution in [0.3, 0.4) is 0 Å². The lowest BCUT2D eigenvalue weighted by atomic mass is 9.99. The van der Waals surface area contributed by atoms with E-state index in [4.69, 9.17) is 18.9 Å². The van der Waals surface area contributed by atoms with Crippen LogP contribution in [-0.4, -0.2) is 116 Å². The van der Waals surface area contributed by atoms with Gasteiger partial charge in [0, 0.05) is 0 Å². The highest BCUT2D eigenvalue weighted by Crippen LogP contribution is 2.36. The van der Waals surface area contributed by atoms with E-state index in [1.54, 1.807) is 13.8 Å². The summed E-state index contributed by atoms with van der Waals surface area (Å²) in [5.74, 6) is -2.15. The van der Waals surface area contributed by atoms with Gasteiger partial charge in [-0.1, -0.05) is 0 Å². The fourth-order valence-electron chi connectivity index (χ4n) is 2.91. The molecule has 2 heterocycles. The van der Waals surface area contributed by atoms with E-state index < -0.39 is 68.0 Å². The molecule has 2 aliphatic rings. The highest BCUT2D eigenvalue weighted by molar-refractivity contribution is 4.98. The third-order valence-corrected chi connectivity index (χ3v) is 4.48. The molecule has 0 saturated carbocycles. The van der Waals surface area contributed by atoms with Crippen LogP contribution < -0.4 is 0 Å². The van der Waals surface area contributed by atoms with Crippen LogP contribution in [0.1, 0.15) is 13.8 Å². The van der Waals surface area contributed by atoms with Gasteiger partial charge in [0.1, 0.15) is 49.3 Å². The van der Waals surface area contributed by atoms with Gasteiger partial charge in [0.2, 0.25) is 5.79 Å². The summed E-state index contributed by atoms with van der Waals surface area (Å²) in [5, 5.41) is 69.0. The zero-order chi connectivity index (χ0) is 19.6. The van der Waals surface area contributed by atoms with Crippen molar-refractivity contribution in [3.63, 3.8) is 0 Å². The standard InChI is InChI=1S/C15H28O11/c1-6(2)23-4-8-10(19)13(22)15(5-17,25-8)26-14-12(21)11(20)9(18)7(3-16)24-14/h6-14,16-22H,3-5H2,1-2H3/t7?,8-,9-,10?,11?,12+,13?,14?,15+/m1/s1. The van der Waals surface area contributed by atoms with Crippen LogP contribution in [0.25, 0.3) is 0 Å². The maximum atomic E-state index is 10.3. The Bertz CT molecular complexity index is 447. The van der Waals surface area contributed by atoms with E-state index >= 15 is 0 Å². The topological polar surface area (TPSA) is 179 Å². The van der Waals surface area contributed by atoms with Gasteiger partial charge in [-0.15, -0.1) is 0 Å². The average molecular weight is 384 g/mol. The van der Waals surface area contributed by atoms with Crippen LogP contribution in [0.15, 0.2) is 0 Å². The molecule has 0 aromatic heterocycles. The third-order valence-electron chi connectivity index (χ3n) is 4.48. The summed E-state index contributed by atoms with van der Waals surface area (Å²) in [7, 11) is 0. The summed E-state index contributed by atoms with van der Waals surface area (Å²) >= 11 is 0. The average Bonchev–Trinajstić information content (AvgIpc) is 2.85. The summed E-state index contributed by atoms with van der Waals surface area (Å²) in [6, 6.07) is 0. The van der Waals surface area contributed by atoms with Crippen molar-refractivity contribution in [3.8, 4) is 0 Å². The number of aliphatic hydroxyl groups excluding tert-OH is 7. The Morgan fingerprint density at radius 2 is 1.58 bits per heavy atom. The lowest BCUT2D eigenvalue weighted by Crippen LogP contribution is -2.62. The molecule has 0 radical (unpaired) electrons. The van der Waals surface area contributed by atoms with Gasteiger partial charge in [-0.25, -0.2) is 0 Å². The molecule has 0 amide bonds. The van der Waals surface area contributed by atoms with E-state index in [1.807, 2.05) is 0 Å². The molecule has 0 bridgehead atoms. The van der Waals surface area contributed by atoms with Crippen molar-refractivity contribution in [3.05, 3.63) is 0 Å². The van der Waals surface area contributed by atoms with Crippen molar-refractivity contribution in [2.24, 2.45) is 0 Å². The van der Waals surface area contributed by atoms with Crippen molar-refractivity contribution in [2.45, 2.75) is 74.8 Å². The molecule has 2 saturated heterocycles. The number of hydrogen-bond donors (Lipinski definition) is 7. The molecule has 154 valence electrons. The number of hydrogen-bond acceptors (Lipinski definition) is 11. The lowest BCUT2D eigenvalue weighted by molar-refractivity contribution is -0.383. The molecule has 7 N–H and O–H groups in total. The highest BCUT2D eigenvalue weighted by atomic mass is 16.8. The third kappa shape index (κ3) is 4.18. The molecule has 9 atom stereocenters. The molecule has 2 rings (SSSR count). The largest absolute Gasteiger partial charge is 0.394 e. The van der Waals surface area contributed by atoms with Gasteiger partial charge in [0.25, 0.3) is 0 Å². The summed E-state index contributed by atoms with van der Waals surface area (Å²) in [6.45, 7) is 1.87. The van der Waals surface area contributed by atoms with Gasteiger partial charge in [-0.3, -0.25) is 0 Å². The minimum absolute atomic E-state index is 0.0876. The van der Waals surface area contributed by atoms with Gasteiger partial charge in [-0.05, 0) is 13.8 Å². The lowest BCUT2D eigenvalue weighted by Gasteiger charge is -2.43. The number of ether oxygens (including phenoxy) is 4. The second kappa shape index (κ2) is 8.71. The monoisotopic (exact) mass is 384 g/mol. The van der Waals surface area contributed by atoms with Crippen molar-refractivity contribution >= 4 is 0 Å². The molecule has 2 aliphatic heterocycles. The molecule has 0 aromatic rings. The Hall–Kier alpha value is -0.440. The number of rotatable bonds is 7. The van der Waals surface area contributed by atoms with Crippen LogP contribution in [0, 0.1) is 0 Å². The fourth-order valence-corrected chi connectivity index (χ4v) is 2.91. The molecular formula is C15H28O11. The second-order valence-corrected chi connectivity index (χ2v) is 6.76. The van der Waals surface area contributed by atoms with E-state index in [1.165, 1.54) is 0 Å². The Balaban J connectivity index is 2.13. The zero-order valence-corrected chi connectivity index (χ0v) is 14.6. The highest BCUT2D eigenvalue weighted by Gasteiger charge is 2.58. The van der Waals surface area contributed by atoms with E-state index in [2.05, 4.69) is 0 Å². The molecular weight excluding hydrogens is 356 g/mol. The molecule has 0 aromatic carbocycles. The first-order valence-corrected chi connectivity index (χ1v) is 8.41. The molecule has 0 aliphatic carbocycles. The Labute approximate surface area is 150 Å². The van der Waals surface area contributed by atoms with Crippen molar-refractivity contribution in [2.75, 3.05) is 19.8 Å². The first-order chi connectivity index (χ1) is 12.2.